The fourth-order valence-corrected chi connectivity index (χ4v) is 3.10. The molecular weight excluding hydrogens is 292 g/mol. The minimum absolute atomic E-state index is 0.738. The molecule has 1 aliphatic rings. The zero-order valence-corrected chi connectivity index (χ0v) is 15.1. The Morgan fingerprint density at radius 1 is 1.00 bits per heavy atom. The van der Waals surface area contributed by atoms with Crippen LogP contribution in [0.1, 0.15) is 57.9 Å². The van der Waals surface area contributed by atoms with Crippen LogP contribution >= 0.6 is 0 Å². The zero-order valence-electron chi connectivity index (χ0n) is 15.1. The number of benzene rings is 1. The van der Waals surface area contributed by atoms with Crippen molar-refractivity contribution in [1.29, 1.82) is 0 Å². The summed E-state index contributed by atoms with van der Waals surface area (Å²) in [6, 6.07) is 8.14. The topological polar surface area (TPSA) is 9.23 Å². The summed E-state index contributed by atoms with van der Waals surface area (Å²) in [6.45, 7) is 5.19. The largest absolute Gasteiger partial charge is 0.494 e. The van der Waals surface area contributed by atoms with Gasteiger partial charge in [0.15, 0.2) is 0 Å². The van der Waals surface area contributed by atoms with Crippen LogP contribution in [0.2, 0.25) is 0 Å². The molecule has 1 fully saturated rings. The van der Waals surface area contributed by atoms with Crippen LogP contribution in [-0.4, -0.2) is 6.61 Å². The third-order valence-corrected chi connectivity index (χ3v) is 4.72. The predicted molar refractivity (Wildman–Crippen MR) is 104 cm³/mol. The van der Waals surface area contributed by atoms with Crippen LogP contribution in [0.4, 0.5) is 0 Å². The number of ether oxygens (including phenoxy) is 1. The van der Waals surface area contributed by atoms with E-state index < -0.39 is 0 Å². The molecule has 1 aliphatic carbocycles. The minimum Gasteiger partial charge on any atom is -0.494 e. The summed E-state index contributed by atoms with van der Waals surface area (Å²) in [6.07, 6.45) is 16.1. The third kappa shape index (κ3) is 6.67. The zero-order chi connectivity index (χ0) is 17.0. The number of allylic oxidation sites excluding steroid dienone is 3. The molecular formula is C23H30O. The molecule has 0 saturated heterocycles. The Morgan fingerprint density at radius 3 is 2.38 bits per heavy atom. The number of hydrogen-bond acceptors (Lipinski definition) is 1. The summed E-state index contributed by atoms with van der Waals surface area (Å²) in [5.41, 5.74) is 1.15. The fraction of sp³-hybridized carbons (Fsp3) is 0.478. The SMILES string of the molecule is CCCOc1ccc(/C=C/C#C/C=C/C2CCC(CC)CC2)cc1. The fourth-order valence-electron chi connectivity index (χ4n) is 3.10. The second-order valence-electron chi connectivity index (χ2n) is 6.59. The first-order valence-corrected chi connectivity index (χ1v) is 9.39. The van der Waals surface area contributed by atoms with E-state index in [2.05, 4.69) is 43.9 Å². The summed E-state index contributed by atoms with van der Waals surface area (Å²) in [4.78, 5) is 0. The van der Waals surface area contributed by atoms with Crippen LogP contribution in [-0.2, 0) is 0 Å². The van der Waals surface area contributed by atoms with Gasteiger partial charge in [0.05, 0.1) is 6.61 Å². The smallest absolute Gasteiger partial charge is 0.119 e. The van der Waals surface area contributed by atoms with Crippen molar-refractivity contribution in [1.82, 2.24) is 0 Å². The lowest BCUT2D eigenvalue weighted by Gasteiger charge is -2.25. The van der Waals surface area contributed by atoms with Crippen LogP contribution < -0.4 is 4.74 Å². The first kappa shape index (κ1) is 18.4. The Hall–Kier alpha value is -1.94. The molecule has 0 bridgehead atoms. The standard InChI is InChI=1S/C23H30O/c1-3-19-24-23-17-15-22(16-18-23)10-8-6-5-7-9-21-13-11-20(4-2)12-14-21/h7-10,15-18,20-21H,3-4,11-14,19H2,1-2H3/b9-7+,10-8+. The van der Waals surface area contributed by atoms with E-state index in [-0.39, 0.29) is 0 Å². The molecule has 24 heavy (non-hydrogen) atoms. The van der Waals surface area contributed by atoms with E-state index in [4.69, 9.17) is 4.74 Å². The van der Waals surface area contributed by atoms with Crippen molar-refractivity contribution in [3.8, 4) is 17.6 Å². The van der Waals surface area contributed by atoms with E-state index >= 15 is 0 Å². The van der Waals surface area contributed by atoms with E-state index in [1.807, 2.05) is 30.4 Å². The molecule has 0 aromatic heterocycles. The van der Waals surface area contributed by atoms with Crippen LogP contribution in [0.5, 0.6) is 5.75 Å². The molecule has 0 heterocycles. The molecule has 1 aromatic rings. The Labute approximate surface area is 147 Å². The quantitative estimate of drug-likeness (QED) is 0.561. The Bertz CT molecular complexity index is 575. The van der Waals surface area contributed by atoms with Gasteiger partial charge in [-0.25, -0.2) is 0 Å². The molecule has 0 atom stereocenters. The van der Waals surface area contributed by atoms with Crippen molar-refractivity contribution in [2.75, 3.05) is 6.61 Å². The van der Waals surface area contributed by atoms with Gasteiger partial charge in [0.25, 0.3) is 0 Å². The lowest BCUT2D eigenvalue weighted by molar-refractivity contribution is 0.304. The average Bonchev–Trinajstić information content (AvgIpc) is 2.64. The van der Waals surface area contributed by atoms with E-state index in [9.17, 15) is 0 Å². The number of hydrogen-bond donors (Lipinski definition) is 0. The molecule has 1 saturated carbocycles. The van der Waals surface area contributed by atoms with Gasteiger partial charge in [-0.1, -0.05) is 50.3 Å². The molecule has 1 aromatic carbocycles. The molecule has 0 spiro atoms. The summed E-state index contributed by atoms with van der Waals surface area (Å²) in [5.74, 6) is 8.85. The molecule has 2 rings (SSSR count). The van der Waals surface area contributed by atoms with E-state index in [1.54, 1.807) is 0 Å². The third-order valence-electron chi connectivity index (χ3n) is 4.72. The highest BCUT2D eigenvalue weighted by Gasteiger charge is 2.17. The summed E-state index contributed by atoms with van der Waals surface area (Å²) in [7, 11) is 0. The monoisotopic (exact) mass is 322 g/mol. The molecule has 0 N–H and O–H groups in total. The first-order chi connectivity index (χ1) is 11.8. The molecule has 1 heteroatoms. The van der Waals surface area contributed by atoms with Gasteiger partial charge in [-0.05, 0) is 79.9 Å². The van der Waals surface area contributed by atoms with Crippen LogP contribution in [0.3, 0.4) is 0 Å². The van der Waals surface area contributed by atoms with Crippen LogP contribution in [0, 0.1) is 23.7 Å². The second-order valence-corrected chi connectivity index (χ2v) is 6.59. The van der Waals surface area contributed by atoms with Crippen molar-refractivity contribution >= 4 is 6.08 Å². The van der Waals surface area contributed by atoms with E-state index in [0.29, 0.717) is 0 Å². The van der Waals surface area contributed by atoms with Crippen molar-refractivity contribution in [3.05, 3.63) is 48.1 Å². The van der Waals surface area contributed by atoms with Crippen molar-refractivity contribution < 1.29 is 4.74 Å². The van der Waals surface area contributed by atoms with Crippen LogP contribution in [0.15, 0.2) is 42.5 Å². The van der Waals surface area contributed by atoms with Gasteiger partial charge in [-0.15, -0.1) is 0 Å². The van der Waals surface area contributed by atoms with E-state index in [0.717, 1.165) is 36.2 Å². The Morgan fingerprint density at radius 2 is 1.71 bits per heavy atom. The summed E-state index contributed by atoms with van der Waals surface area (Å²) < 4.78 is 5.58. The van der Waals surface area contributed by atoms with Crippen molar-refractivity contribution in [2.45, 2.75) is 52.4 Å². The predicted octanol–water partition coefficient (Wildman–Crippen LogP) is 6.26. The highest BCUT2D eigenvalue weighted by Crippen LogP contribution is 2.31. The van der Waals surface area contributed by atoms with Gasteiger partial charge in [0.1, 0.15) is 5.75 Å². The molecule has 0 unspecified atom stereocenters. The van der Waals surface area contributed by atoms with Gasteiger partial charge >= 0.3 is 0 Å². The lowest BCUT2D eigenvalue weighted by Crippen LogP contribution is -2.11. The summed E-state index contributed by atoms with van der Waals surface area (Å²) in [5, 5.41) is 0. The highest BCUT2D eigenvalue weighted by atomic mass is 16.5. The van der Waals surface area contributed by atoms with Gasteiger partial charge in [0.2, 0.25) is 0 Å². The van der Waals surface area contributed by atoms with Crippen molar-refractivity contribution in [3.63, 3.8) is 0 Å². The maximum Gasteiger partial charge on any atom is 0.119 e. The number of rotatable bonds is 6. The molecule has 0 amide bonds. The van der Waals surface area contributed by atoms with Crippen LogP contribution in [0.25, 0.3) is 6.08 Å². The first-order valence-electron chi connectivity index (χ1n) is 9.39. The van der Waals surface area contributed by atoms with Gasteiger partial charge in [-0.3, -0.25) is 0 Å². The maximum absolute atomic E-state index is 5.58. The Kier molecular flexibility index (Phi) is 8.25. The molecule has 0 radical (unpaired) electrons. The van der Waals surface area contributed by atoms with Gasteiger partial charge in [0, 0.05) is 0 Å². The second kappa shape index (κ2) is 10.8. The minimum atomic E-state index is 0.738. The molecule has 0 aliphatic heterocycles. The summed E-state index contributed by atoms with van der Waals surface area (Å²) >= 11 is 0. The Balaban J connectivity index is 1.74. The van der Waals surface area contributed by atoms with Crippen molar-refractivity contribution in [2.24, 2.45) is 11.8 Å². The normalized spacial score (nSPS) is 20.9. The molecule has 128 valence electrons. The van der Waals surface area contributed by atoms with E-state index in [1.165, 1.54) is 32.1 Å². The lowest BCUT2D eigenvalue weighted by atomic mass is 9.81. The highest BCUT2D eigenvalue weighted by molar-refractivity contribution is 5.54. The van der Waals surface area contributed by atoms with Gasteiger partial charge < -0.3 is 4.74 Å². The average molecular weight is 322 g/mol. The molecule has 1 nitrogen and oxygen atoms in total. The maximum atomic E-state index is 5.58. The van der Waals surface area contributed by atoms with Gasteiger partial charge in [-0.2, -0.15) is 0 Å².